The van der Waals surface area contributed by atoms with Crippen molar-refractivity contribution in [2.24, 2.45) is 5.14 Å². The monoisotopic (exact) mass is 415 g/mol. The van der Waals surface area contributed by atoms with Gasteiger partial charge >= 0.3 is 0 Å². The number of hydrogen-bond acceptors (Lipinski definition) is 5. The van der Waals surface area contributed by atoms with E-state index in [4.69, 9.17) is 9.88 Å². The fourth-order valence-corrected chi connectivity index (χ4v) is 5.59. The van der Waals surface area contributed by atoms with Gasteiger partial charge in [-0.2, -0.15) is 5.10 Å². The second-order valence-electron chi connectivity index (χ2n) is 7.93. The first kappa shape index (κ1) is 18.7. The maximum Gasteiger partial charge on any atom is 0.258 e. The molecule has 1 amide bonds. The van der Waals surface area contributed by atoms with Crippen molar-refractivity contribution < 1.29 is 13.7 Å². The standard InChI is InChI=1S/C20H25N5O3S/c1-22-14-9-25-20(28-10-14)17(8-23-25)29(21,27)11-18(26)24-19-15-4-2-3-12(15)7-13-5-6-16(13)19/h7-8,11,14,22H,2-6,9-10H2,1H3,(H2,21,27)(H,24,26)/t14-,29?/m0/s1. The Hall–Kier alpha value is -2.36. The molecule has 5 rings (SSSR count). The fraction of sp³-hybridized carbons (Fsp3) is 0.450. The normalized spacial score (nSPS) is 21.1. The van der Waals surface area contributed by atoms with Crippen LogP contribution in [0.4, 0.5) is 5.69 Å². The van der Waals surface area contributed by atoms with Gasteiger partial charge in [-0.05, 0) is 61.4 Å². The highest BCUT2D eigenvalue weighted by atomic mass is 32.2. The molecular formula is C20H25N5O3S. The molecule has 4 N–H and O–H groups in total. The molecule has 2 aromatic rings. The number of hydrogen-bond donors (Lipinski definition) is 3. The lowest BCUT2D eigenvalue weighted by Crippen LogP contribution is -2.40. The van der Waals surface area contributed by atoms with E-state index in [1.165, 1.54) is 28.5 Å². The van der Waals surface area contributed by atoms with E-state index in [2.05, 4.69) is 21.8 Å². The predicted molar refractivity (Wildman–Crippen MR) is 112 cm³/mol. The molecule has 2 heterocycles. The third kappa shape index (κ3) is 3.13. The molecule has 1 aromatic carbocycles. The highest BCUT2D eigenvalue weighted by Gasteiger charge is 2.28. The second kappa shape index (κ2) is 6.86. The number of anilines is 1. The smallest absolute Gasteiger partial charge is 0.258 e. The Balaban J connectivity index is 1.44. The van der Waals surface area contributed by atoms with Gasteiger partial charge in [-0.15, -0.1) is 0 Å². The quantitative estimate of drug-likeness (QED) is 0.627. The van der Waals surface area contributed by atoms with Gasteiger partial charge in [0.25, 0.3) is 5.91 Å². The van der Waals surface area contributed by atoms with Crippen LogP contribution in [-0.2, 0) is 46.7 Å². The maximum absolute atomic E-state index is 13.2. The lowest BCUT2D eigenvalue weighted by atomic mass is 9.83. The molecule has 3 aliphatic rings. The summed E-state index contributed by atoms with van der Waals surface area (Å²) in [6.07, 6.45) is 6.58. The highest BCUT2D eigenvalue weighted by molar-refractivity contribution is 8.00. The van der Waals surface area contributed by atoms with E-state index in [0.29, 0.717) is 19.0 Å². The summed E-state index contributed by atoms with van der Waals surface area (Å²) >= 11 is 0. The topological polar surface area (TPSA) is 111 Å². The minimum Gasteiger partial charge on any atom is -0.475 e. The number of carbonyl (C=O) groups is 1. The van der Waals surface area contributed by atoms with Gasteiger partial charge in [0, 0.05) is 5.69 Å². The summed E-state index contributed by atoms with van der Waals surface area (Å²) in [5.74, 6) is -0.0755. The molecule has 154 valence electrons. The minimum atomic E-state index is -3.24. The van der Waals surface area contributed by atoms with E-state index in [-0.39, 0.29) is 10.9 Å². The molecule has 8 nitrogen and oxygen atoms in total. The van der Waals surface area contributed by atoms with Gasteiger partial charge in [0.05, 0.1) is 33.9 Å². The van der Waals surface area contributed by atoms with Crippen LogP contribution in [-0.4, -0.2) is 45.0 Å². The van der Waals surface area contributed by atoms with Crippen molar-refractivity contribution >= 4 is 26.7 Å². The van der Waals surface area contributed by atoms with Crippen LogP contribution in [0.3, 0.4) is 0 Å². The third-order valence-corrected chi connectivity index (χ3v) is 7.63. The van der Waals surface area contributed by atoms with Gasteiger partial charge in [-0.25, -0.2) is 8.89 Å². The Morgan fingerprint density at radius 1 is 1.31 bits per heavy atom. The zero-order valence-corrected chi connectivity index (χ0v) is 17.2. The molecule has 0 saturated carbocycles. The van der Waals surface area contributed by atoms with E-state index < -0.39 is 15.6 Å². The molecule has 29 heavy (non-hydrogen) atoms. The average molecular weight is 416 g/mol. The summed E-state index contributed by atoms with van der Waals surface area (Å²) in [5, 5.41) is 17.5. The van der Waals surface area contributed by atoms with E-state index in [0.717, 1.165) is 43.2 Å². The number of fused-ring (bicyclic) bond motifs is 3. The number of nitrogens with two attached hydrogens (primary N) is 1. The Morgan fingerprint density at radius 3 is 2.86 bits per heavy atom. The molecule has 9 heteroatoms. The molecule has 0 spiro atoms. The number of carbonyl (C=O) groups excluding carboxylic acids is 1. The van der Waals surface area contributed by atoms with Crippen molar-refractivity contribution in [2.45, 2.75) is 49.6 Å². The van der Waals surface area contributed by atoms with E-state index in [1.54, 1.807) is 4.68 Å². The first-order valence-electron chi connectivity index (χ1n) is 9.96. The number of aromatic nitrogens is 2. The largest absolute Gasteiger partial charge is 0.475 e. The Labute approximate surface area is 169 Å². The van der Waals surface area contributed by atoms with Crippen LogP contribution in [0.1, 0.15) is 28.7 Å². The van der Waals surface area contributed by atoms with Gasteiger partial charge in [-0.3, -0.25) is 9.93 Å². The summed E-state index contributed by atoms with van der Waals surface area (Å²) < 4.78 is 20.5. The molecular weight excluding hydrogens is 390 g/mol. The van der Waals surface area contributed by atoms with Gasteiger partial charge in [0.2, 0.25) is 5.88 Å². The van der Waals surface area contributed by atoms with Crippen molar-refractivity contribution in [1.29, 1.82) is 0 Å². The SMILES string of the molecule is CN[C@@H]1COc2c(S(N)(=O)=CC(=O)Nc3c4c(cc5c3CC5)CCC4)cnn2C1. The Bertz CT molecular complexity index is 1130. The van der Waals surface area contributed by atoms with Crippen LogP contribution in [0.5, 0.6) is 5.88 Å². The number of aryl methyl sites for hydroxylation is 2. The minimum absolute atomic E-state index is 0.120. The lowest BCUT2D eigenvalue weighted by molar-refractivity contribution is -0.109. The Morgan fingerprint density at radius 2 is 2.10 bits per heavy atom. The van der Waals surface area contributed by atoms with Crippen LogP contribution in [0.15, 0.2) is 17.2 Å². The molecule has 0 radical (unpaired) electrons. The first-order chi connectivity index (χ1) is 14.0. The molecule has 0 saturated heterocycles. The van der Waals surface area contributed by atoms with E-state index in [9.17, 15) is 9.00 Å². The fourth-order valence-electron chi connectivity index (χ4n) is 4.44. The summed E-state index contributed by atoms with van der Waals surface area (Å²) in [4.78, 5) is 13.0. The number of ether oxygens (including phenoxy) is 1. The summed E-state index contributed by atoms with van der Waals surface area (Å²) in [6, 6.07) is 2.40. The van der Waals surface area contributed by atoms with Crippen molar-refractivity contribution in [3.05, 3.63) is 34.5 Å². The number of amides is 1. The molecule has 1 unspecified atom stereocenters. The Kier molecular flexibility index (Phi) is 4.41. The molecule has 0 fully saturated rings. The number of likely N-dealkylation sites (N-methyl/N-ethyl adjacent to an activating group) is 1. The van der Waals surface area contributed by atoms with Crippen molar-refractivity contribution in [1.82, 2.24) is 15.1 Å². The maximum atomic E-state index is 13.2. The molecule has 0 bridgehead atoms. The van der Waals surface area contributed by atoms with Crippen molar-refractivity contribution in [2.75, 3.05) is 19.0 Å². The van der Waals surface area contributed by atoms with Crippen molar-refractivity contribution in [3.63, 3.8) is 0 Å². The van der Waals surface area contributed by atoms with Gasteiger partial charge in [0.1, 0.15) is 11.5 Å². The first-order valence-corrected chi connectivity index (χ1v) is 11.6. The second-order valence-corrected chi connectivity index (χ2v) is 9.90. The lowest BCUT2D eigenvalue weighted by Gasteiger charge is -2.26. The number of benzene rings is 1. The van der Waals surface area contributed by atoms with Crippen LogP contribution in [0, 0.1) is 0 Å². The number of nitrogens with zero attached hydrogens (tertiary/aromatic N) is 2. The number of rotatable bonds is 4. The van der Waals surface area contributed by atoms with Crippen LogP contribution >= 0.6 is 0 Å². The van der Waals surface area contributed by atoms with Gasteiger partial charge < -0.3 is 15.4 Å². The van der Waals surface area contributed by atoms with Crippen LogP contribution in [0.2, 0.25) is 0 Å². The molecule has 2 atom stereocenters. The van der Waals surface area contributed by atoms with E-state index >= 15 is 0 Å². The van der Waals surface area contributed by atoms with E-state index in [1.807, 2.05) is 7.05 Å². The highest BCUT2D eigenvalue weighted by Crippen LogP contribution is 2.39. The van der Waals surface area contributed by atoms with Gasteiger partial charge in [0.15, 0.2) is 0 Å². The third-order valence-electron chi connectivity index (χ3n) is 6.10. The summed E-state index contributed by atoms with van der Waals surface area (Å²) in [7, 11) is -1.39. The zero-order valence-electron chi connectivity index (χ0n) is 16.4. The molecule has 2 aliphatic carbocycles. The predicted octanol–water partition coefficient (Wildman–Crippen LogP) is 0.409. The number of nitrogens with one attached hydrogen (secondary N) is 2. The van der Waals surface area contributed by atoms with Crippen LogP contribution < -0.4 is 20.5 Å². The zero-order chi connectivity index (χ0) is 20.2. The van der Waals surface area contributed by atoms with Crippen molar-refractivity contribution in [3.8, 4) is 5.88 Å². The summed E-state index contributed by atoms with van der Waals surface area (Å²) in [5.41, 5.74) is 5.97. The van der Waals surface area contributed by atoms with Gasteiger partial charge in [-0.1, -0.05) is 6.07 Å². The van der Waals surface area contributed by atoms with Crippen LogP contribution in [0.25, 0.3) is 0 Å². The molecule has 1 aromatic heterocycles. The molecule has 1 aliphatic heterocycles. The average Bonchev–Trinajstić information content (AvgIpc) is 3.30. The summed E-state index contributed by atoms with van der Waals surface area (Å²) in [6.45, 7) is 1.02.